The van der Waals surface area contributed by atoms with Gasteiger partial charge in [0, 0.05) is 30.7 Å². The molecule has 2 aromatic rings. The van der Waals surface area contributed by atoms with Gasteiger partial charge in [-0.25, -0.2) is 9.78 Å². The lowest BCUT2D eigenvalue weighted by atomic mass is 10.1. The van der Waals surface area contributed by atoms with E-state index in [9.17, 15) is 9.59 Å². The first-order valence-electron chi connectivity index (χ1n) is 9.51. The van der Waals surface area contributed by atoms with Gasteiger partial charge in [-0.1, -0.05) is 19.1 Å². The molecular formula is C20H27N5O2. The molecule has 3 N–H and O–H groups in total. The topological polar surface area (TPSA) is 90.1 Å². The van der Waals surface area contributed by atoms with E-state index >= 15 is 0 Å². The molecule has 1 aromatic heterocycles. The Bertz CT molecular complexity index is 778. The summed E-state index contributed by atoms with van der Waals surface area (Å²) in [5.74, 6) is 0.923. The summed E-state index contributed by atoms with van der Waals surface area (Å²) < 4.78 is 0. The molecule has 1 unspecified atom stereocenters. The van der Waals surface area contributed by atoms with Crippen LogP contribution in [0.5, 0.6) is 0 Å². The summed E-state index contributed by atoms with van der Waals surface area (Å²) in [7, 11) is 0. The number of imidazole rings is 1. The van der Waals surface area contributed by atoms with Gasteiger partial charge in [0.1, 0.15) is 5.82 Å². The van der Waals surface area contributed by atoms with Gasteiger partial charge < -0.3 is 20.5 Å². The molecule has 1 aliphatic rings. The van der Waals surface area contributed by atoms with E-state index in [0.29, 0.717) is 12.1 Å². The highest BCUT2D eigenvalue weighted by molar-refractivity contribution is 5.89. The largest absolute Gasteiger partial charge is 0.344 e. The molecule has 0 radical (unpaired) electrons. The van der Waals surface area contributed by atoms with E-state index in [-0.39, 0.29) is 18.0 Å². The quantitative estimate of drug-likeness (QED) is 0.730. The Morgan fingerprint density at radius 2 is 1.93 bits per heavy atom. The van der Waals surface area contributed by atoms with Gasteiger partial charge in [0.05, 0.1) is 12.5 Å². The molecule has 3 amide bonds. The van der Waals surface area contributed by atoms with E-state index < -0.39 is 0 Å². The first-order valence-corrected chi connectivity index (χ1v) is 9.51. The maximum Gasteiger partial charge on any atom is 0.319 e. The van der Waals surface area contributed by atoms with E-state index in [2.05, 4.69) is 20.6 Å². The van der Waals surface area contributed by atoms with Crippen LogP contribution < -0.4 is 10.6 Å². The van der Waals surface area contributed by atoms with Crippen molar-refractivity contribution in [3.05, 3.63) is 47.5 Å². The second kappa shape index (κ2) is 8.70. The molecule has 1 atom stereocenters. The number of anilines is 1. The monoisotopic (exact) mass is 369 g/mol. The number of nitrogens with one attached hydrogen (secondary N) is 3. The molecule has 1 saturated heterocycles. The van der Waals surface area contributed by atoms with Crippen LogP contribution in [0.2, 0.25) is 0 Å². The third-order valence-corrected chi connectivity index (χ3v) is 4.79. The average molecular weight is 369 g/mol. The van der Waals surface area contributed by atoms with Crippen LogP contribution >= 0.6 is 0 Å². The van der Waals surface area contributed by atoms with Gasteiger partial charge in [0.2, 0.25) is 5.91 Å². The highest BCUT2D eigenvalue weighted by atomic mass is 16.2. The number of carbonyl (C=O) groups excluding carboxylic acids is 2. The number of benzene rings is 1. The van der Waals surface area contributed by atoms with Crippen molar-refractivity contribution >= 4 is 17.6 Å². The molecule has 1 fully saturated rings. The van der Waals surface area contributed by atoms with Crippen LogP contribution in [0.1, 0.15) is 49.3 Å². The molecule has 2 heterocycles. The molecule has 144 valence electrons. The number of rotatable bonds is 6. The number of urea groups is 1. The van der Waals surface area contributed by atoms with Crippen LogP contribution in [0, 0.1) is 6.92 Å². The molecule has 0 aliphatic carbocycles. The Morgan fingerprint density at radius 3 is 2.52 bits per heavy atom. The summed E-state index contributed by atoms with van der Waals surface area (Å²) >= 11 is 0. The maximum absolute atomic E-state index is 12.3. The van der Waals surface area contributed by atoms with Gasteiger partial charge in [0.25, 0.3) is 0 Å². The maximum atomic E-state index is 12.3. The first kappa shape index (κ1) is 18.9. The zero-order valence-electron chi connectivity index (χ0n) is 15.9. The molecule has 0 bridgehead atoms. The normalized spacial score (nSPS) is 14.8. The van der Waals surface area contributed by atoms with Gasteiger partial charge in [-0.15, -0.1) is 0 Å². The van der Waals surface area contributed by atoms with Crippen molar-refractivity contribution in [1.82, 2.24) is 20.2 Å². The number of nitrogens with zero attached hydrogens (tertiary/aromatic N) is 2. The molecule has 1 aliphatic heterocycles. The number of aromatic amines is 1. The van der Waals surface area contributed by atoms with E-state index in [4.69, 9.17) is 0 Å². The molecule has 3 rings (SSSR count). The second-order valence-electron chi connectivity index (χ2n) is 6.97. The van der Waals surface area contributed by atoms with Gasteiger partial charge >= 0.3 is 6.03 Å². The average Bonchev–Trinajstić information content (AvgIpc) is 3.33. The Kier molecular flexibility index (Phi) is 6.11. The van der Waals surface area contributed by atoms with Crippen molar-refractivity contribution in [3.63, 3.8) is 0 Å². The number of likely N-dealkylation sites (tertiary alicyclic amines) is 1. The number of hydrogen-bond acceptors (Lipinski definition) is 3. The Hall–Kier alpha value is -2.83. The number of amides is 3. The summed E-state index contributed by atoms with van der Waals surface area (Å²) in [6.07, 6.45) is 5.08. The SMILES string of the molecule is CCC(NC(=O)Nc1ccc(CC(=O)N2CCCC2)cc1)c1ncc(C)[nH]1. The molecule has 7 nitrogen and oxygen atoms in total. The fraction of sp³-hybridized carbons (Fsp3) is 0.450. The van der Waals surface area contributed by atoms with Crippen LogP contribution in [0.3, 0.4) is 0 Å². The standard InChI is InChI=1S/C20H27N5O2/c1-3-17(19-21-13-14(2)22-19)24-20(27)23-16-8-6-15(7-9-16)12-18(26)25-10-4-5-11-25/h6-9,13,17H,3-5,10-12H2,1-2H3,(H,21,22)(H2,23,24,27). The van der Waals surface area contributed by atoms with Crippen molar-refractivity contribution < 1.29 is 9.59 Å². The summed E-state index contributed by atoms with van der Waals surface area (Å²) in [5.41, 5.74) is 2.61. The minimum atomic E-state index is -0.281. The van der Waals surface area contributed by atoms with Crippen LogP contribution in [-0.4, -0.2) is 39.9 Å². The number of aromatic nitrogens is 2. The lowest BCUT2D eigenvalue weighted by Crippen LogP contribution is -2.32. The molecular weight excluding hydrogens is 342 g/mol. The Morgan fingerprint density at radius 1 is 1.22 bits per heavy atom. The number of H-pyrrole nitrogens is 1. The Balaban J connectivity index is 1.52. The molecule has 7 heteroatoms. The molecule has 27 heavy (non-hydrogen) atoms. The first-order chi connectivity index (χ1) is 13.0. The second-order valence-corrected chi connectivity index (χ2v) is 6.97. The van der Waals surface area contributed by atoms with Crippen molar-refractivity contribution in [2.75, 3.05) is 18.4 Å². The molecule has 0 saturated carbocycles. The third kappa shape index (κ3) is 5.09. The van der Waals surface area contributed by atoms with Crippen molar-refractivity contribution in [2.45, 2.75) is 45.6 Å². The fourth-order valence-corrected chi connectivity index (χ4v) is 3.26. The lowest BCUT2D eigenvalue weighted by molar-refractivity contribution is -0.129. The minimum absolute atomic E-state index is 0.170. The summed E-state index contributed by atoms with van der Waals surface area (Å²) in [5, 5.41) is 5.76. The number of aryl methyl sites for hydroxylation is 1. The van der Waals surface area contributed by atoms with E-state index in [1.165, 1.54) is 0 Å². The fourth-order valence-electron chi connectivity index (χ4n) is 3.26. The van der Waals surface area contributed by atoms with Crippen molar-refractivity contribution in [1.29, 1.82) is 0 Å². The van der Waals surface area contributed by atoms with Crippen LogP contribution in [0.15, 0.2) is 30.5 Å². The van der Waals surface area contributed by atoms with Crippen LogP contribution in [0.4, 0.5) is 10.5 Å². The highest BCUT2D eigenvalue weighted by Crippen LogP contribution is 2.15. The van der Waals surface area contributed by atoms with E-state index in [1.54, 1.807) is 6.20 Å². The molecule has 0 spiro atoms. The summed E-state index contributed by atoms with van der Waals surface area (Å²) in [6, 6.07) is 6.97. The van der Waals surface area contributed by atoms with Gasteiger partial charge in [-0.2, -0.15) is 0 Å². The minimum Gasteiger partial charge on any atom is -0.344 e. The van der Waals surface area contributed by atoms with Gasteiger partial charge in [-0.3, -0.25) is 4.79 Å². The zero-order valence-corrected chi connectivity index (χ0v) is 15.9. The number of carbonyl (C=O) groups is 2. The van der Waals surface area contributed by atoms with E-state index in [0.717, 1.165) is 49.4 Å². The lowest BCUT2D eigenvalue weighted by Gasteiger charge is -2.16. The highest BCUT2D eigenvalue weighted by Gasteiger charge is 2.18. The number of hydrogen-bond donors (Lipinski definition) is 3. The van der Waals surface area contributed by atoms with E-state index in [1.807, 2.05) is 43.0 Å². The molecule has 1 aromatic carbocycles. The predicted molar refractivity (Wildman–Crippen MR) is 104 cm³/mol. The van der Waals surface area contributed by atoms with Crippen molar-refractivity contribution in [2.24, 2.45) is 0 Å². The third-order valence-electron chi connectivity index (χ3n) is 4.79. The summed E-state index contributed by atoms with van der Waals surface area (Å²) in [6.45, 7) is 5.66. The van der Waals surface area contributed by atoms with Crippen LogP contribution in [0.25, 0.3) is 0 Å². The van der Waals surface area contributed by atoms with Gasteiger partial charge in [0.15, 0.2) is 0 Å². The van der Waals surface area contributed by atoms with Crippen LogP contribution in [-0.2, 0) is 11.2 Å². The Labute approximate surface area is 159 Å². The predicted octanol–water partition coefficient (Wildman–Crippen LogP) is 3.16. The summed E-state index contributed by atoms with van der Waals surface area (Å²) in [4.78, 5) is 33.8. The zero-order chi connectivity index (χ0) is 19.2. The van der Waals surface area contributed by atoms with Gasteiger partial charge in [-0.05, 0) is 43.9 Å². The smallest absolute Gasteiger partial charge is 0.319 e. The van der Waals surface area contributed by atoms with Crippen molar-refractivity contribution in [3.8, 4) is 0 Å².